The van der Waals surface area contributed by atoms with Crippen LogP contribution in [0.3, 0.4) is 0 Å². The second-order valence-electron chi connectivity index (χ2n) is 4.08. The number of rotatable bonds is 6. The molecule has 0 atom stereocenters. The first kappa shape index (κ1) is 11.7. The number of nitrogens with one attached hydrogen (secondary N) is 1. The van der Waals surface area contributed by atoms with Gasteiger partial charge in [0, 0.05) is 16.8 Å². The van der Waals surface area contributed by atoms with Crippen molar-refractivity contribution in [3.8, 4) is 0 Å². The largest absolute Gasteiger partial charge is 0.316 e. The van der Waals surface area contributed by atoms with Gasteiger partial charge in [-0.05, 0) is 24.4 Å². The van der Waals surface area contributed by atoms with Crippen molar-refractivity contribution in [3.63, 3.8) is 0 Å². The lowest BCUT2D eigenvalue weighted by atomic mass is 9.91. The molecule has 1 aromatic rings. The van der Waals surface area contributed by atoms with Gasteiger partial charge in [-0.15, -0.1) is 11.3 Å². The molecule has 0 radical (unpaired) electrons. The first-order valence-electron chi connectivity index (χ1n) is 4.97. The summed E-state index contributed by atoms with van der Waals surface area (Å²) < 4.78 is 11.8. The molecule has 1 heterocycles. The molecule has 0 fully saturated rings. The van der Waals surface area contributed by atoms with E-state index in [0.717, 1.165) is 13.1 Å². The van der Waals surface area contributed by atoms with Crippen molar-refractivity contribution in [1.29, 1.82) is 0 Å². The minimum Gasteiger partial charge on any atom is -0.316 e. The lowest BCUT2D eigenvalue weighted by Crippen LogP contribution is -2.32. The Balaban J connectivity index is 2.35. The Morgan fingerprint density at radius 2 is 2.29 bits per heavy atom. The summed E-state index contributed by atoms with van der Waals surface area (Å²) in [5.41, 5.74) is 0.157. The van der Waals surface area contributed by atoms with Crippen LogP contribution < -0.4 is 5.32 Å². The predicted molar refractivity (Wildman–Crippen MR) is 60.8 cm³/mol. The molecule has 0 aliphatic rings. The van der Waals surface area contributed by atoms with Crippen molar-refractivity contribution in [3.05, 3.63) is 22.4 Å². The molecular formula is C11H18FNS. The third-order valence-corrected chi connectivity index (χ3v) is 3.48. The van der Waals surface area contributed by atoms with E-state index in [2.05, 4.69) is 36.7 Å². The van der Waals surface area contributed by atoms with Gasteiger partial charge < -0.3 is 5.32 Å². The zero-order valence-electron chi connectivity index (χ0n) is 8.85. The molecule has 0 aliphatic carbocycles. The van der Waals surface area contributed by atoms with Gasteiger partial charge in [0.05, 0.1) is 6.67 Å². The molecule has 0 spiro atoms. The van der Waals surface area contributed by atoms with Crippen LogP contribution in [-0.4, -0.2) is 19.8 Å². The molecule has 14 heavy (non-hydrogen) atoms. The molecule has 1 N–H and O–H groups in total. The zero-order valence-corrected chi connectivity index (χ0v) is 9.66. The average Bonchev–Trinajstić information content (AvgIpc) is 2.65. The van der Waals surface area contributed by atoms with Crippen LogP contribution >= 0.6 is 11.3 Å². The van der Waals surface area contributed by atoms with Crippen LogP contribution in [0.15, 0.2) is 17.5 Å². The Morgan fingerprint density at radius 3 is 2.86 bits per heavy atom. The van der Waals surface area contributed by atoms with E-state index in [4.69, 9.17) is 0 Å². The number of thiophene rings is 1. The van der Waals surface area contributed by atoms with Gasteiger partial charge in [0.1, 0.15) is 0 Å². The minimum absolute atomic E-state index is 0.157. The molecule has 0 aliphatic heterocycles. The molecule has 1 nitrogen and oxygen atoms in total. The fourth-order valence-electron chi connectivity index (χ4n) is 1.34. The van der Waals surface area contributed by atoms with Gasteiger partial charge in [-0.25, -0.2) is 0 Å². The van der Waals surface area contributed by atoms with Crippen LogP contribution in [0.4, 0.5) is 4.39 Å². The minimum atomic E-state index is -0.230. The molecule has 80 valence electrons. The highest BCUT2D eigenvalue weighted by molar-refractivity contribution is 7.10. The van der Waals surface area contributed by atoms with Gasteiger partial charge in [0.25, 0.3) is 0 Å². The first-order valence-corrected chi connectivity index (χ1v) is 5.85. The maximum atomic E-state index is 11.8. The summed E-state index contributed by atoms with van der Waals surface area (Å²) in [4.78, 5) is 1.38. The fraction of sp³-hybridized carbons (Fsp3) is 0.636. The highest BCUT2D eigenvalue weighted by atomic mass is 32.1. The Labute approximate surface area is 89.3 Å². The monoisotopic (exact) mass is 215 g/mol. The van der Waals surface area contributed by atoms with Gasteiger partial charge in [-0.1, -0.05) is 19.9 Å². The average molecular weight is 215 g/mol. The van der Waals surface area contributed by atoms with Crippen LogP contribution in [0.1, 0.15) is 25.1 Å². The number of halogens is 1. The number of alkyl halides is 1. The molecule has 1 aromatic heterocycles. The Morgan fingerprint density at radius 1 is 1.50 bits per heavy atom. The van der Waals surface area contributed by atoms with Crippen molar-refractivity contribution in [2.45, 2.75) is 25.7 Å². The number of hydrogen-bond acceptors (Lipinski definition) is 2. The van der Waals surface area contributed by atoms with E-state index >= 15 is 0 Å². The standard InChI is InChI=1S/C11H18FNS/c1-11(2,9-13-7-4-6-12)10-5-3-8-14-10/h3,5,8,13H,4,6-7,9H2,1-2H3. The second-order valence-corrected chi connectivity index (χ2v) is 5.03. The molecule has 0 saturated carbocycles. The van der Waals surface area contributed by atoms with E-state index in [1.807, 2.05) is 0 Å². The third-order valence-electron chi connectivity index (χ3n) is 2.24. The SMILES string of the molecule is CC(C)(CNCCCF)c1cccs1. The summed E-state index contributed by atoms with van der Waals surface area (Å²) in [5, 5.41) is 5.38. The number of hydrogen-bond donors (Lipinski definition) is 1. The Kier molecular flexibility index (Phi) is 4.55. The quantitative estimate of drug-likeness (QED) is 0.719. The van der Waals surface area contributed by atoms with Crippen LogP contribution in [0, 0.1) is 0 Å². The Bertz CT molecular complexity index is 244. The fourth-order valence-corrected chi connectivity index (χ4v) is 2.20. The van der Waals surface area contributed by atoms with Gasteiger partial charge in [0.2, 0.25) is 0 Å². The maximum absolute atomic E-state index is 11.8. The van der Waals surface area contributed by atoms with E-state index in [-0.39, 0.29) is 12.1 Å². The third kappa shape index (κ3) is 3.39. The zero-order chi connectivity index (χ0) is 10.4. The van der Waals surface area contributed by atoms with E-state index in [1.165, 1.54) is 4.88 Å². The summed E-state index contributed by atoms with van der Waals surface area (Å²) >= 11 is 1.78. The van der Waals surface area contributed by atoms with Crippen LogP contribution in [-0.2, 0) is 5.41 Å². The predicted octanol–water partition coefficient (Wildman–Crippen LogP) is 2.97. The van der Waals surface area contributed by atoms with E-state index in [1.54, 1.807) is 11.3 Å². The molecular weight excluding hydrogens is 197 g/mol. The normalized spacial score (nSPS) is 11.9. The lowest BCUT2D eigenvalue weighted by molar-refractivity contribution is 0.431. The Hall–Kier alpha value is -0.410. The van der Waals surface area contributed by atoms with Crippen LogP contribution in [0.5, 0.6) is 0 Å². The molecule has 0 aromatic carbocycles. The van der Waals surface area contributed by atoms with E-state index < -0.39 is 0 Å². The van der Waals surface area contributed by atoms with Crippen LogP contribution in [0.2, 0.25) is 0 Å². The van der Waals surface area contributed by atoms with E-state index in [0.29, 0.717) is 6.42 Å². The molecule has 0 unspecified atom stereocenters. The molecule has 3 heteroatoms. The van der Waals surface area contributed by atoms with E-state index in [9.17, 15) is 4.39 Å². The van der Waals surface area contributed by atoms with Gasteiger partial charge >= 0.3 is 0 Å². The molecule has 1 rings (SSSR count). The summed E-state index contributed by atoms with van der Waals surface area (Å²) in [6, 6.07) is 4.23. The topological polar surface area (TPSA) is 12.0 Å². The van der Waals surface area contributed by atoms with Gasteiger partial charge in [-0.2, -0.15) is 0 Å². The van der Waals surface area contributed by atoms with Gasteiger partial charge in [-0.3, -0.25) is 4.39 Å². The first-order chi connectivity index (χ1) is 6.67. The van der Waals surface area contributed by atoms with Crippen molar-refractivity contribution >= 4 is 11.3 Å². The van der Waals surface area contributed by atoms with Gasteiger partial charge in [0.15, 0.2) is 0 Å². The highest BCUT2D eigenvalue weighted by Crippen LogP contribution is 2.26. The van der Waals surface area contributed by atoms with Crippen molar-refractivity contribution in [2.75, 3.05) is 19.8 Å². The molecule has 0 saturated heterocycles. The van der Waals surface area contributed by atoms with Crippen molar-refractivity contribution in [1.82, 2.24) is 5.32 Å². The van der Waals surface area contributed by atoms with Crippen molar-refractivity contribution < 1.29 is 4.39 Å². The smallest absolute Gasteiger partial charge is 0.0906 e. The second kappa shape index (κ2) is 5.47. The molecule has 0 amide bonds. The highest BCUT2D eigenvalue weighted by Gasteiger charge is 2.20. The van der Waals surface area contributed by atoms with Crippen molar-refractivity contribution in [2.24, 2.45) is 0 Å². The lowest BCUT2D eigenvalue weighted by Gasteiger charge is -2.23. The summed E-state index contributed by atoms with van der Waals surface area (Å²) in [6.07, 6.45) is 0.612. The maximum Gasteiger partial charge on any atom is 0.0906 e. The molecule has 0 bridgehead atoms. The summed E-state index contributed by atoms with van der Waals surface area (Å²) in [7, 11) is 0. The summed E-state index contributed by atoms with van der Waals surface area (Å²) in [5.74, 6) is 0. The summed E-state index contributed by atoms with van der Waals surface area (Å²) in [6.45, 7) is 5.87. The van der Waals surface area contributed by atoms with Crippen LogP contribution in [0.25, 0.3) is 0 Å².